The first-order chi connectivity index (χ1) is 20.8. The molecule has 0 aromatic heterocycles. The molecule has 4 aromatic carbocycles. The lowest BCUT2D eigenvalue weighted by Gasteiger charge is -2.38. The standard InChI is InChI=1S/C33H33Cl2N5O3/c1-22(23-9-4-3-5-10-23)36-32(41)25-21-24(37-33(42)38-27-12-8-11-26(34)31(27)35)15-16-28(25)39-17-19-40(20-18-39)29-13-6-7-14-30(29)43-2/h3-16,21-22H,17-20H2,1-2H3,(H,36,41)(H2,37,38,42). The van der Waals surface area contributed by atoms with E-state index in [0.717, 1.165) is 35.8 Å². The molecule has 0 spiro atoms. The number of anilines is 4. The number of hydrogen-bond acceptors (Lipinski definition) is 5. The Morgan fingerprint density at radius 3 is 2.19 bits per heavy atom. The van der Waals surface area contributed by atoms with Gasteiger partial charge in [0.2, 0.25) is 0 Å². The zero-order chi connectivity index (χ0) is 30.3. The van der Waals surface area contributed by atoms with Gasteiger partial charge in [0.25, 0.3) is 5.91 Å². The average molecular weight is 619 g/mol. The van der Waals surface area contributed by atoms with Crippen molar-refractivity contribution in [1.29, 1.82) is 0 Å². The van der Waals surface area contributed by atoms with Gasteiger partial charge in [0, 0.05) is 37.6 Å². The summed E-state index contributed by atoms with van der Waals surface area (Å²) in [5.74, 6) is 0.596. The van der Waals surface area contributed by atoms with E-state index in [1.54, 1.807) is 37.4 Å². The average Bonchev–Trinajstić information content (AvgIpc) is 3.03. The summed E-state index contributed by atoms with van der Waals surface area (Å²) in [6, 6.07) is 27.4. The molecule has 1 fully saturated rings. The van der Waals surface area contributed by atoms with Crippen LogP contribution in [0.4, 0.5) is 27.5 Å². The molecule has 0 aliphatic carbocycles. The van der Waals surface area contributed by atoms with Gasteiger partial charge in [-0.3, -0.25) is 4.79 Å². The first kappa shape index (κ1) is 30.1. The lowest BCUT2D eigenvalue weighted by atomic mass is 10.1. The molecule has 1 aliphatic rings. The fourth-order valence-electron chi connectivity index (χ4n) is 5.14. The fourth-order valence-corrected chi connectivity index (χ4v) is 5.48. The normalized spacial score (nSPS) is 13.7. The molecule has 3 N–H and O–H groups in total. The number of rotatable bonds is 8. The minimum atomic E-state index is -0.508. The number of methoxy groups -OCH3 is 1. The van der Waals surface area contributed by atoms with Crippen molar-refractivity contribution >= 4 is 57.9 Å². The third kappa shape index (κ3) is 7.16. The zero-order valence-electron chi connectivity index (χ0n) is 23.9. The number of hydrogen-bond donors (Lipinski definition) is 3. The molecule has 5 rings (SSSR count). The van der Waals surface area contributed by atoms with E-state index in [1.807, 2.05) is 61.5 Å². The summed E-state index contributed by atoms with van der Waals surface area (Å²) in [6.07, 6.45) is 0. The quantitative estimate of drug-likeness (QED) is 0.191. The van der Waals surface area contributed by atoms with Crippen molar-refractivity contribution < 1.29 is 14.3 Å². The van der Waals surface area contributed by atoms with Crippen molar-refractivity contribution in [2.75, 3.05) is 53.7 Å². The van der Waals surface area contributed by atoms with Crippen LogP contribution in [0.5, 0.6) is 5.75 Å². The Morgan fingerprint density at radius 2 is 1.47 bits per heavy atom. The van der Waals surface area contributed by atoms with Crippen molar-refractivity contribution in [2.45, 2.75) is 13.0 Å². The van der Waals surface area contributed by atoms with Gasteiger partial charge >= 0.3 is 6.03 Å². The summed E-state index contributed by atoms with van der Waals surface area (Å²) in [6.45, 7) is 4.86. The zero-order valence-corrected chi connectivity index (χ0v) is 25.5. The van der Waals surface area contributed by atoms with Gasteiger partial charge in [-0.1, -0.05) is 71.7 Å². The van der Waals surface area contributed by atoms with E-state index in [2.05, 4.69) is 31.8 Å². The number of urea groups is 1. The Labute approximate surface area is 261 Å². The third-order valence-corrected chi connectivity index (χ3v) is 8.21. The van der Waals surface area contributed by atoms with E-state index in [9.17, 15) is 9.59 Å². The molecule has 3 amide bonds. The number of halogens is 2. The monoisotopic (exact) mass is 617 g/mol. The van der Waals surface area contributed by atoms with Crippen LogP contribution >= 0.6 is 23.2 Å². The van der Waals surface area contributed by atoms with Crippen molar-refractivity contribution in [3.8, 4) is 5.75 Å². The molecule has 0 saturated carbocycles. The van der Waals surface area contributed by atoms with E-state index in [-0.39, 0.29) is 17.0 Å². The van der Waals surface area contributed by atoms with Gasteiger partial charge < -0.3 is 30.5 Å². The van der Waals surface area contributed by atoms with Crippen LogP contribution in [0.3, 0.4) is 0 Å². The highest BCUT2D eigenvalue weighted by molar-refractivity contribution is 6.44. The number of para-hydroxylation sites is 2. The van der Waals surface area contributed by atoms with Crippen LogP contribution in [0.1, 0.15) is 28.9 Å². The number of ether oxygens (including phenoxy) is 1. The van der Waals surface area contributed by atoms with Crippen LogP contribution in [0, 0.1) is 0 Å². The Bertz CT molecular complexity index is 1590. The van der Waals surface area contributed by atoms with Gasteiger partial charge in [0.05, 0.1) is 40.1 Å². The maximum atomic E-state index is 13.7. The molecule has 222 valence electrons. The third-order valence-electron chi connectivity index (χ3n) is 7.39. The molecule has 10 heteroatoms. The predicted octanol–water partition coefficient (Wildman–Crippen LogP) is 7.46. The number of piperazine rings is 1. The molecule has 0 radical (unpaired) electrons. The maximum absolute atomic E-state index is 13.7. The SMILES string of the molecule is COc1ccccc1N1CCN(c2ccc(NC(=O)Nc3cccc(Cl)c3Cl)cc2C(=O)NC(C)c2ccccc2)CC1. The van der Waals surface area contributed by atoms with Crippen LogP contribution in [-0.4, -0.2) is 45.2 Å². The summed E-state index contributed by atoms with van der Waals surface area (Å²) < 4.78 is 5.57. The highest BCUT2D eigenvalue weighted by Crippen LogP contribution is 2.32. The van der Waals surface area contributed by atoms with Gasteiger partial charge in [0.1, 0.15) is 5.75 Å². The van der Waals surface area contributed by atoms with Crippen molar-refractivity contribution in [2.24, 2.45) is 0 Å². The number of amides is 3. The Kier molecular flexibility index (Phi) is 9.59. The summed E-state index contributed by atoms with van der Waals surface area (Å²) in [5.41, 5.74) is 4.14. The number of nitrogens with one attached hydrogen (secondary N) is 3. The predicted molar refractivity (Wildman–Crippen MR) is 175 cm³/mol. The summed E-state index contributed by atoms with van der Waals surface area (Å²) in [4.78, 5) is 31.1. The number of carbonyl (C=O) groups excluding carboxylic acids is 2. The van der Waals surface area contributed by atoms with E-state index < -0.39 is 6.03 Å². The number of benzene rings is 4. The molecule has 1 saturated heterocycles. The molecular formula is C33H33Cl2N5O3. The van der Waals surface area contributed by atoms with Gasteiger partial charge in [0.15, 0.2) is 0 Å². The molecule has 43 heavy (non-hydrogen) atoms. The topological polar surface area (TPSA) is 85.9 Å². The molecule has 1 unspecified atom stereocenters. The van der Waals surface area contributed by atoms with Gasteiger partial charge in [-0.25, -0.2) is 4.79 Å². The molecule has 4 aromatic rings. The van der Waals surface area contributed by atoms with E-state index in [1.165, 1.54) is 0 Å². The first-order valence-electron chi connectivity index (χ1n) is 14.0. The maximum Gasteiger partial charge on any atom is 0.323 e. The Balaban J connectivity index is 1.37. The largest absolute Gasteiger partial charge is 0.495 e. The molecule has 1 aliphatic heterocycles. The Hall–Kier alpha value is -4.40. The highest BCUT2D eigenvalue weighted by Gasteiger charge is 2.24. The number of nitrogens with zero attached hydrogens (tertiary/aromatic N) is 2. The fraction of sp³-hybridized carbons (Fsp3) is 0.212. The first-order valence-corrected chi connectivity index (χ1v) is 14.7. The van der Waals surface area contributed by atoms with Crippen LogP contribution in [0.15, 0.2) is 91.0 Å². The summed E-state index contributed by atoms with van der Waals surface area (Å²) >= 11 is 12.3. The minimum Gasteiger partial charge on any atom is -0.495 e. The molecule has 0 bridgehead atoms. The molecule has 8 nitrogen and oxygen atoms in total. The van der Waals surface area contributed by atoms with E-state index in [0.29, 0.717) is 35.1 Å². The molecule has 1 heterocycles. The second kappa shape index (κ2) is 13.7. The van der Waals surface area contributed by atoms with Gasteiger partial charge in [-0.05, 0) is 55.0 Å². The Morgan fingerprint density at radius 1 is 0.791 bits per heavy atom. The van der Waals surface area contributed by atoms with Crippen molar-refractivity contribution in [3.05, 3.63) is 112 Å². The van der Waals surface area contributed by atoms with Crippen LogP contribution in [0.25, 0.3) is 0 Å². The highest BCUT2D eigenvalue weighted by atomic mass is 35.5. The second-order valence-electron chi connectivity index (χ2n) is 10.2. The van der Waals surface area contributed by atoms with E-state index >= 15 is 0 Å². The van der Waals surface area contributed by atoms with Crippen molar-refractivity contribution in [1.82, 2.24) is 5.32 Å². The summed E-state index contributed by atoms with van der Waals surface area (Å²) in [5, 5.41) is 9.24. The van der Waals surface area contributed by atoms with Crippen LogP contribution < -0.4 is 30.5 Å². The summed E-state index contributed by atoms with van der Waals surface area (Å²) in [7, 11) is 1.68. The van der Waals surface area contributed by atoms with E-state index in [4.69, 9.17) is 27.9 Å². The second-order valence-corrected chi connectivity index (χ2v) is 10.9. The van der Waals surface area contributed by atoms with Crippen molar-refractivity contribution in [3.63, 3.8) is 0 Å². The van der Waals surface area contributed by atoms with Crippen LogP contribution in [0.2, 0.25) is 10.0 Å². The van der Waals surface area contributed by atoms with Gasteiger partial charge in [-0.2, -0.15) is 0 Å². The van der Waals surface area contributed by atoms with Gasteiger partial charge in [-0.15, -0.1) is 0 Å². The smallest absolute Gasteiger partial charge is 0.323 e. The lowest BCUT2D eigenvalue weighted by molar-refractivity contribution is 0.0940. The molecule has 1 atom stereocenters. The number of carbonyl (C=O) groups is 2. The minimum absolute atomic E-state index is 0.214. The lowest BCUT2D eigenvalue weighted by Crippen LogP contribution is -2.47. The molecular weight excluding hydrogens is 585 g/mol. The van der Waals surface area contributed by atoms with Crippen LogP contribution in [-0.2, 0) is 0 Å².